The van der Waals surface area contributed by atoms with E-state index in [4.69, 9.17) is 0 Å². The standard InChI is InChI=1S/C9H11.ClH.Pd/c1-7-5-8-3-2-4-9(8)6-7;;/h2-4,8-9H,1,5-6H2;1H;/q;;+2/p-1/t8-,9+;;. The van der Waals surface area contributed by atoms with Gasteiger partial charge in [0.1, 0.15) is 0 Å². The molecule has 0 spiro atoms. The molecule has 0 heterocycles. The van der Waals surface area contributed by atoms with Crippen molar-refractivity contribution >= 4 is 9.53 Å². The number of fused-ring (bicyclic) bond motifs is 1. The summed E-state index contributed by atoms with van der Waals surface area (Å²) in [5.41, 5.74) is 1.44. The molecule has 0 aromatic carbocycles. The predicted molar refractivity (Wildman–Crippen MR) is 44.1 cm³/mol. The van der Waals surface area contributed by atoms with Crippen molar-refractivity contribution in [1.29, 1.82) is 0 Å². The molecule has 63 valence electrons. The van der Waals surface area contributed by atoms with E-state index >= 15 is 0 Å². The molecule has 2 aliphatic rings. The zero-order chi connectivity index (χ0) is 8.27. The van der Waals surface area contributed by atoms with E-state index in [1.54, 1.807) is 0 Å². The van der Waals surface area contributed by atoms with Gasteiger partial charge in [0, 0.05) is 0 Å². The minimum absolute atomic E-state index is 0.817. The second-order valence-corrected chi connectivity index (χ2v) is 3.06. The van der Waals surface area contributed by atoms with Gasteiger partial charge in [0.05, 0.1) is 0 Å². The first-order valence-electron chi connectivity index (χ1n) is 3.66. The monoisotopic (exact) mass is 260 g/mol. The SMILES string of the molecule is C=C1C[C@H]2[CH][CH][CH][C@H]2C1.[Cl][Pd+]. The number of halogens is 1. The Labute approximate surface area is 83.8 Å². The summed E-state index contributed by atoms with van der Waals surface area (Å²) in [6, 6.07) is 0. The van der Waals surface area contributed by atoms with Crippen LogP contribution in [0.25, 0.3) is 0 Å². The maximum absolute atomic E-state index is 4.49. The molecule has 2 rings (SSSR count). The van der Waals surface area contributed by atoms with Crippen LogP contribution in [0.1, 0.15) is 12.8 Å². The molecule has 0 bridgehead atoms. The van der Waals surface area contributed by atoms with E-state index in [0.717, 1.165) is 11.8 Å². The van der Waals surface area contributed by atoms with Crippen LogP contribution in [0.2, 0.25) is 0 Å². The van der Waals surface area contributed by atoms with Crippen LogP contribution in [0.5, 0.6) is 0 Å². The average molecular weight is 261 g/mol. The van der Waals surface area contributed by atoms with Gasteiger partial charge in [0.15, 0.2) is 0 Å². The zero-order valence-corrected chi connectivity index (χ0v) is 8.51. The van der Waals surface area contributed by atoms with E-state index in [9.17, 15) is 0 Å². The Balaban J connectivity index is 0.000000281. The van der Waals surface area contributed by atoms with Crippen LogP contribution in [-0.2, 0) is 18.2 Å². The summed E-state index contributed by atoms with van der Waals surface area (Å²) < 4.78 is 0. The summed E-state index contributed by atoms with van der Waals surface area (Å²) in [4.78, 5) is 0. The molecule has 0 N–H and O–H groups in total. The third kappa shape index (κ3) is 2.31. The third-order valence-electron chi connectivity index (χ3n) is 2.32. The quantitative estimate of drug-likeness (QED) is 0.464. The fraction of sp³-hybridized carbons (Fsp3) is 0.444. The van der Waals surface area contributed by atoms with Gasteiger partial charge in [0.2, 0.25) is 0 Å². The van der Waals surface area contributed by atoms with E-state index < -0.39 is 0 Å². The molecule has 2 atom stereocenters. The molecule has 2 fully saturated rings. The Bertz CT molecular complexity index is 130. The molecular weight excluding hydrogens is 250 g/mol. The van der Waals surface area contributed by atoms with Crippen LogP contribution in [0, 0.1) is 31.1 Å². The van der Waals surface area contributed by atoms with Gasteiger partial charge >= 0.3 is 27.7 Å². The van der Waals surface area contributed by atoms with Gasteiger partial charge < -0.3 is 0 Å². The van der Waals surface area contributed by atoms with E-state index in [0.29, 0.717) is 0 Å². The van der Waals surface area contributed by atoms with Gasteiger partial charge in [-0.1, -0.05) is 12.2 Å². The molecule has 2 heteroatoms. The summed E-state index contributed by atoms with van der Waals surface area (Å²) in [6.07, 6.45) is 9.28. The summed E-state index contributed by atoms with van der Waals surface area (Å²) in [6.45, 7) is 3.98. The van der Waals surface area contributed by atoms with Gasteiger partial charge in [-0.3, -0.25) is 0 Å². The van der Waals surface area contributed by atoms with Crippen molar-refractivity contribution in [2.24, 2.45) is 11.8 Å². The molecule has 0 saturated heterocycles. The fourth-order valence-corrected chi connectivity index (χ4v) is 1.82. The molecule has 11 heavy (non-hydrogen) atoms. The van der Waals surface area contributed by atoms with Crippen LogP contribution in [0.15, 0.2) is 12.2 Å². The summed E-state index contributed by atoms with van der Waals surface area (Å²) in [5.74, 6) is 1.63. The van der Waals surface area contributed by atoms with Crippen molar-refractivity contribution in [1.82, 2.24) is 0 Å². The summed E-state index contributed by atoms with van der Waals surface area (Å²) in [5, 5.41) is 0. The van der Waals surface area contributed by atoms with Crippen molar-refractivity contribution in [2.75, 3.05) is 0 Å². The molecule has 2 aliphatic carbocycles. The fourth-order valence-electron chi connectivity index (χ4n) is 1.82. The molecule has 0 aliphatic heterocycles. The zero-order valence-electron chi connectivity index (χ0n) is 6.20. The molecule has 0 aromatic heterocycles. The predicted octanol–water partition coefficient (Wildman–Crippen LogP) is 2.88. The second-order valence-electron chi connectivity index (χ2n) is 3.06. The van der Waals surface area contributed by atoms with Gasteiger partial charge in [-0.05, 0) is 43.9 Å². The Hall–Kier alpha value is 0.692. The van der Waals surface area contributed by atoms with Crippen LogP contribution in [0.3, 0.4) is 0 Å². The van der Waals surface area contributed by atoms with E-state index in [1.165, 1.54) is 18.4 Å². The Morgan fingerprint density at radius 2 is 1.73 bits per heavy atom. The molecule has 0 nitrogen and oxygen atoms in total. The Kier molecular flexibility index (Phi) is 4.14. The first kappa shape index (κ1) is 9.78. The molecule has 0 amide bonds. The third-order valence-corrected chi connectivity index (χ3v) is 2.32. The Morgan fingerprint density at radius 3 is 2.18 bits per heavy atom. The number of rotatable bonds is 0. The molecule has 3 radical (unpaired) electrons. The molecule has 0 aromatic rings. The van der Waals surface area contributed by atoms with Crippen molar-refractivity contribution in [3.05, 3.63) is 31.4 Å². The minimum atomic E-state index is 0.817. The average Bonchev–Trinajstić information content (AvgIpc) is 2.51. The van der Waals surface area contributed by atoms with Crippen LogP contribution >= 0.6 is 9.53 Å². The van der Waals surface area contributed by atoms with Gasteiger partial charge in [-0.25, -0.2) is 0 Å². The summed E-state index contributed by atoms with van der Waals surface area (Å²) >= 11 is 2.22. The van der Waals surface area contributed by atoms with Gasteiger partial charge in [-0.2, -0.15) is 0 Å². The first-order chi connectivity index (χ1) is 5.36. The number of hydrogen-bond donors (Lipinski definition) is 0. The van der Waals surface area contributed by atoms with Crippen molar-refractivity contribution in [2.45, 2.75) is 12.8 Å². The van der Waals surface area contributed by atoms with E-state index in [-0.39, 0.29) is 0 Å². The Morgan fingerprint density at radius 1 is 1.27 bits per heavy atom. The van der Waals surface area contributed by atoms with Crippen molar-refractivity contribution in [3.8, 4) is 0 Å². The van der Waals surface area contributed by atoms with Crippen molar-refractivity contribution < 1.29 is 18.2 Å². The number of hydrogen-bond acceptors (Lipinski definition) is 0. The molecular formula is C9H11ClPd+. The van der Waals surface area contributed by atoms with E-state index in [2.05, 4.69) is 53.6 Å². The molecule has 2 saturated carbocycles. The van der Waals surface area contributed by atoms with Crippen molar-refractivity contribution in [3.63, 3.8) is 0 Å². The second kappa shape index (κ2) is 4.65. The number of allylic oxidation sites excluding steroid dienone is 1. The topological polar surface area (TPSA) is 0 Å². The summed E-state index contributed by atoms with van der Waals surface area (Å²) in [7, 11) is 4.49. The van der Waals surface area contributed by atoms with E-state index in [1.807, 2.05) is 0 Å². The normalized spacial score (nSPS) is 34.6. The van der Waals surface area contributed by atoms with Crippen LogP contribution < -0.4 is 0 Å². The van der Waals surface area contributed by atoms with Gasteiger partial charge in [-0.15, -0.1) is 0 Å². The first-order valence-corrected chi connectivity index (χ1v) is 5.67. The van der Waals surface area contributed by atoms with Crippen LogP contribution in [0.4, 0.5) is 0 Å². The van der Waals surface area contributed by atoms with Crippen LogP contribution in [-0.4, -0.2) is 0 Å². The van der Waals surface area contributed by atoms with Gasteiger partial charge in [0.25, 0.3) is 0 Å². The molecule has 0 unspecified atom stereocenters. The maximum atomic E-state index is 4.49.